The number of anilines is 1. The molecule has 3 N–H and O–H groups in total. The van der Waals surface area contributed by atoms with Crippen molar-refractivity contribution < 1.29 is 0 Å². The van der Waals surface area contributed by atoms with Gasteiger partial charge in [-0.25, -0.2) is 0 Å². The predicted octanol–water partition coefficient (Wildman–Crippen LogP) is 2.59. The average molecular weight is 227 g/mol. The Balaban J connectivity index is 2.78. The summed E-state index contributed by atoms with van der Waals surface area (Å²) in [7, 11) is 0. The Labute approximate surface area is 93.8 Å². The third-order valence-corrected chi connectivity index (χ3v) is 1.83. The van der Waals surface area contributed by atoms with E-state index in [0.717, 1.165) is 11.3 Å². The van der Waals surface area contributed by atoms with Crippen LogP contribution in [-0.2, 0) is 0 Å². The highest BCUT2D eigenvalue weighted by atomic mass is 35.5. The molecule has 0 saturated carbocycles. The van der Waals surface area contributed by atoms with Crippen molar-refractivity contribution >= 4 is 40.7 Å². The number of thiocarbonyl (C=S) groups is 1. The van der Waals surface area contributed by atoms with E-state index in [1.807, 2.05) is 36.4 Å². The van der Waals surface area contributed by atoms with E-state index >= 15 is 0 Å². The molecular weight excluding hydrogens is 216 g/mol. The zero-order valence-electron chi connectivity index (χ0n) is 7.53. The Bertz CT molecular complexity index is 350. The van der Waals surface area contributed by atoms with Crippen LogP contribution in [0.1, 0.15) is 5.56 Å². The molecule has 1 aromatic carbocycles. The number of benzene rings is 1. The summed E-state index contributed by atoms with van der Waals surface area (Å²) in [5.41, 5.74) is 7.30. The maximum absolute atomic E-state index is 5.53. The van der Waals surface area contributed by atoms with Crippen molar-refractivity contribution in [2.45, 2.75) is 0 Å². The minimum Gasteiger partial charge on any atom is -0.376 e. The third-order valence-electron chi connectivity index (χ3n) is 1.55. The fraction of sp³-hybridized carbons (Fsp3) is 0.100. The first-order chi connectivity index (χ1) is 6.72. The molecule has 0 atom stereocenters. The number of halogens is 1. The summed E-state index contributed by atoms with van der Waals surface area (Å²) in [4.78, 5) is 0. The largest absolute Gasteiger partial charge is 0.376 e. The summed E-state index contributed by atoms with van der Waals surface area (Å²) < 4.78 is 0. The highest BCUT2D eigenvalue weighted by molar-refractivity contribution is 7.80. The van der Waals surface area contributed by atoms with Gasteiger partial charge in [0.25, 0.3) is 0 Å². The van der Waals surface area contributed by atoms with Crippen LogP contribution in [-0.4, -0.2) is 11.0 Å². The normalized spacial score (nSPS) is 10.4. The Kier molecular flexibility index (Phi) is 4.43. The zero-order valence-corrected chi connectivity index (χ0v) is 9.11. The molecule has 0 saturated heterocycles. The van der Waals surface area contributed by atoms with E-state index < -0.39 is 0 Å². The van der Waals surface area contributed by atoms with E-state index in [4.69, 9.17) is 29.6 Å². The quantitative estimate of drug-likeness (QED) is 0.615. The van der Waals surface area contributed by atoms with E-state index in [9.17, 15) is 0 Å². The molecule has 4 heteroatoms. The molecule has 0 spiro atoms. The highest BCUT2D eigenvalue weighted by Crippen LogP contribution is 2.11. The molecule has 0 unspecified atom stereocenters. The van der Waals surface area contributed by atoms with Gasteiger partial charge in [-0.05, 0) is 29.9 Å². The van der Waals surface area contributed by atoms with Crippen molar-refractivity contribution in [3.8, 4) is 0 Å². The monoisotopic (exact) mass is 226 g/mol. The molecule has 0 fully saturated rings. The number of hydrogen-bond donors (Lipinski definition) is 2. The van der Waals surface area contributed by atoms with Gasteiger partial charge < -0.3 is 11.1 Å². The topological polar surface area (TPSA) is 38.0 Å². The summed E-state index contributed by atoms with van der Waals surface area (Å²) in [5, 5.41) is 3.13. The Morgan fingerprint density at radius 2 is 2.36 bits per heavy atom. The van der Waals surface area contributed by atoms with Crippen LogP contribution in [0, 0.1) is 0 Å². The molecule has 0 radical (unpaired) electrons. The lowest BCUT2D eigenvalue weighted by Crippen LogP contribution is -2.18. The number of allylic oxidation sites excluding steroid dienone is 1. The number of nitrogens with one attached hydrogen (secondary N) is 1. The lowest BCUT2D eigenvalue weighted by Gasteiger charge is -2.03. The smallest absolute Gasteiger partial charge is 0.168 e. The number of nitrogens with two attached hydrogens (primary N) is 1. The van der Waals surface area contributed by atoms with Crippen molar-refractivity contribution in [3.63, 3.8) is 0 Å². The van der Waals surface area contributed by atoms with Crippen molar-refractivity contribution in [2.24, 2.45) is 5.73 Å². The minimum absolute atomic E-state index is 0.267. The highest BCUT2D eigenvalue weighted by Gasteiger charge is 1.93. The fourth-order valence-electron chi connectivity index (χ4n) is 1.04. The maximum Gasteiger partial charge on any atom is 0.168 e. The zero-order chi connectivity index (χ0) is 10.4. The summed E-state index contributed by atoms with van der Waals surface area (Å²) in [6.07, 6.45) is 3.82. The summed E-state index contributed by atoms with van der Waals surface area (Å²) in [6, 6.07) is 7.75. The molecule has 0 aliphatic rings. The van der Waals surface area contributed by atoms with Crippen molar-refractivity contribution in [3.05, 3.63) is 35.9 Å². The van der Waals surface area contributed by atoms with E-state index in [1.165, 1.54) is 0 Å². The van der Waals surface area contributed by atoms with Gasteiger partial charge in [0.05, 0.1) is 0 Å². The van der Waals surface area contributed by atoms with E-state index in [-0.39, 0.29) is 5.11 Å². The van der Waals surface area contributed by atoms with Gasteiger partial charge in [-0.2, -0.15) is 0 Å². The first-order valence-electron chi connectivity index (χ1n) is 4.11. The summed E-state index contributed by atoms with van der Waals surface area (Å²) >= 11 is 10.3. The molecule has 1 rings (SSSR count). The molecule has 0 bridgehead atoms. The summed E-state index contributed by atoms with van der Waals surface area (Å²) in [5.74, 6) is 0.507. The van der Waals surface area contributed by atoms with Crippen LogP contribution < -0.4 is 11.1 Å². The van der Waals surface area contributed by atoms with Crippen molar-refractivity contribution in [2.75, 3.05) is 11.2 Å². The molecule has 1 aromatic rings. The van der Waals surface area contributed by atoms with Crippen LogP contribution >= 0.6 is 23.8 Å². The van der Waals surface area contributed by atoms with Gasteiger partial charge in [0.1, 0.15) is 0 Å². The lowest BCUT2D eigenvalue weighted by atomic mass is 10.2. The standard InChI is InChI=1S/C10H11ClN2S/c11-6-2-4-8-3-1-5-9(7-8)13-10(12)14/h1-5,7H,6H2,(H3,12,13,14). The molecule has 0 aliphatic carbocycles. The predicted molar refractivity (Wildman–Crippen MR) is 66.6 cm³/mol. The number of hydrogen-bond acceptors (Lipinski definition) is 1. The molecule has 2 nitrogen and oxygen atoms in total. The van der Waals surface area contributed by atoms with Crippen molar-refractivity contribution in [1.82, 2.24) is 0 Å². The van der Waals surface area contributed by atoms with E-state index in [0.29, 0.717) is 5.88 Å². The van der Waals surface area contributed by atoms with Gasteiger partial charge >= 0.3 is 0 Å². The van der Waals surface area contributed by atoms with Crippen LogP contribution in [0.15, 0.2) is 30.3 Å². The SMILES string of the molecule is NC(=S)Nc1cccc(C=CCCl)c1. The van der Waals surface area contributed by atoms with Crippen LogP contribution in [0.2, 0.25) is 0 Å². The average Bonchev–Trinajstić information content (AvgIpc) is 2.14. The molecule has 0 amide bonds. The van der Waals surface area contributed by atoms with Gasteiger partial charge in [-0.3, -0.25) is 0 Å². The number of rotatable bonds is 3. The van der Waals surface area contributed by atoms with Crippen LogP contribution in [0.3, 0.4) is 0 Å². The Morgan fingerprint density at radius 3 is 3.00 bits per heavy atom. The van der Waals surface area contributed by atoms with Gasteiger partial charge in [-0.15, -0.1) is 11.6 Å². The van der Waals surface area contributed by atoms with E-state index in [2.05, 4.69) is 5.32 Å². The molecular formula is C10H11ClN2S. The van der Waals surface area contributed by atoms with E-state index in [1.54, 1.807) is 0 Å². The Morgan fingerprint density at radius 1 is 1.57 bits per heavy atom. The molecule has 14 heavy (non-hydrogen) atoms. The van der Waals surface area contributed by atoms with Crippen LogP contribution in [0.25, 0.3) is 6.08 Å². The van der Waals surface area contributed by atoms with Crippen molar-refractivity contribution in [1.29, 1.82) is 0 Å². The Hall–Kier alpha value is -1.06. The molecule has 0 aliphatic heterocycles. The second-order valence-corrected chi connectivity index (χ2v) is 3.42. The van der Waals surface area contributed by atoms with Gasteiger partial charge in [0.15, 0.2) is 5.11 Å². The minimum atomic E-state index is 0.267. The maximum atomic E-state index is 5.53. The van der Waals surface area contributed by atoms with Gasteiger partial charge in [0, 0.05) is 11.6 Å². The van der Waals surface area contributed by atoms with Crippen LogP contribution in [0.4, 0.5) is 5.69 Å². The fourth-order valence-corrected chi connectivity index (χ4v) is 1.25. The van der Waals surface area contributed by atoms with Crippen LogP contribution in [0.5, 0.6) is 0 Å². The third kappa shape index (κ3) is 3.77. The first kappa shape index (κ1) is 11.0. The van der Waals surface area contributed by atoms with Gasteiger partial charge in [-0.1, -0.05) is 24.3 Å². The summed E-state index contributed by atoms with van der Waals surface area (Å²) in [6.45, 7) is 0. The second-order valence-electron chi connectivity index (χ2n) is 2.67. The lowest BCUT2D eigenvalue weighted by molar-refractivity contribution is 1.58. The molecule has 0 aromatic heterocycles. The second kappa shape index (κ2) is 5.62. The molecule has 74 valence electrons. The van der Waals surface area contributed by atoms with Gasteiger partial charge in [0.2, 0.25) is 0 Å². The number of alkyl halides is 1. The first-order valence-corrected chi connectivity index (χ1v) is 5.05. The molecule has 0 heterocycles.